The topological polar surface area (TPSA) is 46.3 Å². The molecule has 3 unspecified atom stereocenters. The Labute approximate surface area is 119 Å². The Morgan fingerprint density at radius 3 is 2.79 bits per heavy atom. The van der Waals surface area contributed by atoms with Gasteiger partial charge in [0.1, 0.15) is 0 Å². The number of benzene rings is 1. The van der Waals surface area contributed by atoms with Gasteiger partial charge >= 0.3 is 0 Å². The lowest BCUT2D eigenvalue weighted by Gasteiger charge is -2.29. The second-order valence-corrected chi connectivity index (χ2v) is 5.82. The quantitative estimate of drug-likeness (QED) is 0.925. The van der Waals surface area contributed by atoms with Gasteiger partial charge in [0.25, 0.3) is 0 Å². The van der Waals surface area contributed by atoms with Gasteiger partial charge in [-0.1, -0.05) is 30.2 Å². The highest BCUT2D eigenvalue weighted by Gasteiger charge is 2.33. The highest BCUT2D eigenvalue weighted by Crippen LogP contribution is 2.29. The van der Waals surface area contributed by atoms with Crippen LogP contribution in [0.4, 0.5) is 0 Å². The second kappa shape index (κ2) is 5.93. The van der Waals surface area contributed by atoms with Crippen molar-refractivity contribution in [2.24, 2.45) is 11.7 Å². The van der Waals surface area contributed by atoms with Crippen LogP contribution < -0.4 is 5.73 Å². The minimum atomic E-state index is -0.0216. The van der Waals surface area contributed by atoms with Crippen LogP contribution >= 0.6 is 11.6 Å². The molecule has 1 aromatic rings. The molecular weight excluding hydrogens is 260 g/mol. The van der Waals surface area contributed by atoms with Crippen LogP contribution in [0.3, 0.4) is 0 Å². The molecule has 1 saturated carbocycles. The maximum absolute atomic E-state index is 12.5. The molecule has 0 bridgehead atoms. The van der Waals surface area contributed by atoms with Crippen LogP contribution in [0.25, 0.3) is 0 Å². The molecule has 2 rings (SSSR count). The third-order valence-corrected chi connectivity index (χ3v) is 4.38. The van der Waals surface area contributed by atoms with Crippen molar-refractivity contribution in [2.75, 3.05) is 7.05 Å². The Hall–Kier alpha value is -1.06. The summed E-state index contributed by atoms with van der Waals surface area (Å²) in [5, 5.41) is 0.697. The molecule has 3 atom stereocenters. The van der Waals surface area contributed by atoms with Crippen LogP contribution in [0.15, 0.2) is 24.3 Å². The summed E-state index contributed by atoms with van der Waals surface area (Å²) in [7, 11) is 1.85. The largest absolute Gasteiger partial charge is 0.339 e. The number of rotatable bonds is 3. The number of halogens is 1. The SMILES string of the molecule is CC(c1cccc(Cl)c1)N(C)C(=O)C1CCCC1N. The molecule has 0 aliphatic heterocycles. The molecule has 1 aliphatic carbocycles. The van der Waals surface area contributed by atoms with Crippen LogP contribution in [0.5, 0.6) is 0 Å². The molecule has 1 aliphatic rings. The van der Waals surface area contributed by atoms with Crippen LogP contribution in [0.1, 0.15) is 37.8 Å². The van der Waals surface area contributed by atoms with Gasteiger partial charge in [0, 0.05) is 18.1 Å². The molecule has 0 aromatic heterocycles. The summed E-state index contributed by atoms with van der Waals surface area (Å²) in [4.78, 5) is 14.3. The van der Waals surface area contributed by atoms with Crippen LogP contribution in [0, 0.1) is 5.92 Å². The Bertz CT molecular complexity index is 463. The first-order valence-electron chi connectivity index (χ1n) is 6.78. The lowest BCUT2D eigenvalue weighted by Crippen LogP contribution is -2.40. The first kappa shape index (κ1) is 14.4. The van der Waals surface area contributed by atoms with Gasteiger partial charge in [0.2, 0.25) is 5.91 Å². The predicted octanol–water partition coefficient (Wildman–Crippen LogP) is 2.99. The third kappa shape index (κ3) is 3.10. The molecule has 0 radical (unpaired) electrons. The summed E-state index contributed by atoms with van der Waals surface area (Å²) >= 11 is 6.00. The van der Waals surface area contributed by atoms with E-state index in [1.807, 2.05) is 38.2 Å². The van der Waals surface area contributed by atoms with E-state index in [1.165, 1.54) is 0 Å². The average Bonchev–Trinajstić information content (AvgIpc) is 2.82. The normalized spacial score (nSPS) is 24.2. The predicted molar refractivity (Wildman–Crippen MR) is 78.0 cm³/mol. The summed E-state index contributed by atoms with van der Waals surface area (Å²) in [6.07, 6.45) is 2.92. The van der Waals surface area contributed by atoms with Gasteiger partial charge in [0.15, 0.2) is 0 Å². The molecule has 4 heteroatoms. The van der Waals surface area contributed by atoms with E-state index in [9.17, 15) is 4.79 Å². The zero-order valence-corrected chi connectivity index (χ0v) is 12.2. The maximum atomic E-state index is 12.5. The van der Waals surface area contributed by atoms with Gasteiger partial charge in [-0.05, 0) is 37.5 Å². The van der Waals surface area contributed by atoms with E-state index >= 15 is 0 Å². The molecular formula is C15H21ClN2O. The van der Waals surface area contributed by atoms with Crippen molar-refractivity contribution in [1.29, 1.82) is 0 Å². The molecule has 0 heterocycles. The first-order valence-corrected chi connectivity index (χ1v) is 7.16. The zero-order chi connectivity index (χ0) is 14.0. The van der Waals surface area contributed by atoms with Gasteiger partial charge in [-0.15, -0.1) is 0 Å². The summed E-state index contributed by atoms with van der Waals surface area (Å²) < 4.78 is 0. The van der Waals surface area contributed by atoms with Gasteiger partial charge < -0.3 is 10.6 Å². The summed E-state index contributed by atoms with van der Waals surface area (Å²) in [5.41, 5.74) is 7.06. The fraction of sp³-hybridized carbons (Fsp3) is 0.533. The van der Waals surface area contributed by atoms with E-state index in [4.69, 9.17) is 17.3 Å². The molecule has 0 spiro atoms. The molecule has 2 N–H and O–H groups in total. The highest BCUT2D eigenvalue weighted by atomic mass is 35.5. The molecule has 104 valence electrons. The number of amides is 1. The third-order valence-electron chi connectivity index (χ3n) is 4.15. The van der Waals surface area contributed by atoms with E-state index in [2.05, 4.69) is 0 Å². The van der Waals surface area contributed by atoms with Gasteiger partial charge in [0.05, 0.1) is 12.0 Å². The van der Waals surface area contributed by atoms with Crippen molar-refractivity contribution in [2.45, 2.75) is 38.3 Å². The van der Waals surface area contributed by atoms with E-state index in [1.54, 1.807) is 4.90 Å². The maximum Gasteiger partial charge on any atom is 0.227 e. The average molecular weight is 281 g/mol. The molecule has 0 saturated heterocycles. The van der Waals surface area contributed by atoms with Crippen molar-refractivity contribution in [1.82, 2.24) is 4.90 Å². The summed E-state index contributed by atoms with van der Waals surface area (Å²) in [5.74, 6) is 0.129. The number of nitrogens with two attached hydrogens (primary N) is 1. The van der Waals surface area contributed by atoms with E-state index in [0.29, 0.717) is 5.02 Å². The van der Waals surface area contributed by atoms with Crippen molar-refractivity contribution >= 4 is 17.5 Å². The Kier molecular flexibility index (Phi) is 4.48. The van der Waals surface area contributed by atoms with Crippen molar-refractivity contribution in [3.63, 3.8) is 0 Å². The van der Waals surface area contributed by atoms with E-state index in [0.717, 1.165) is 24.8 Å². The van der Waals surface area contributed by atoms with E-state index < -0.39 is 0 Å². The van der Waals surface area contributed by atoms with Crippen LogP contribution in [0.2, 0.25) is 5.02 Å². The van der Waals surface area contributed by atoms with Crippen molar-refractivity contribution in [3.8, 4) is 0 Å². The summed E-state index contributed by atoms with van der Waals surface area (Å²) in [6, 6.07) is 7.68. The van der Waals surface area contributed by atoms with Gasteiger partial charge in [-0.2, -0.15) is 0 Å². The smallest absolute Gasteiger partial charge is 0.227 e. The van der Waals surface area contributed by atoms with Gasteiger partial charge in [-0.25, -0.2) is 0 Å². The molecule has 3 nitrogen and oxygen atoms in total. The first-order chi connectivity index (χ1) is 9.00. The fourth-order valence-corrected chi connectivity index (χ4v) is 2.94. The number of hydrogen-bond acceptors (Lipinski definition) is 2. The van der Waals surface area contributed by atoms with E-state index in [-0.39, 0.29) is 23.9 Å². The molecule has 19 heavy (non-hydrogen) atoms. The summed E-state index contributed by atoms with van der Waals surface area (Å²) in [6.45, 7) is 2.02. The minimum absolute atomic E-state index is 0.0130. The van der Waals surface area contributed by atoms with Crippen molar-refractivity contribution in [3.05, 3.63) is 34.9 Å². The number of carbonyl (C=O) groups excluding carboxylic acids is 1. The number of carbonyl (C=O) groups is 1. The molecule has 1 fully saturated rings. The Balaban J connectivity index is 2.10. The van der Waals surface area contributed by atoms with Gasteiger partial charge in [-0.3, -0.25) is 4.79 Å². The Morgan fingerprint density at radius 1 is 1.47 bits per heavy atom. The monoisotopic (exact) mass is 280 g/mol. The zero-order valence-electron chi connectivity index (χ0n) is 11.5. The second-order valence-electron chi connectivity index (χ2n) is 5.38. The lowest BCUT2D eigenvalue weighted by molar-refractivity contribution is -0.136. The number of nitrogens with zero attached hydrogens (tertiary/aromatic N) is 1. The Morgan fingerprint density at radius 2 is 2.21 bits per heavy atom. The lowest BCUT2D eigenvalue weighted by atomic mass is 10.0. The van der Waals surface area contributed by atoms with Crippen LogP contribution in [-0.2, 0) is 4.79 Å². The molecule has 1 amide bonds. The standard InChI is InChI=1S/C15H21ClN2O/c1-10(11-5-3-6-12(16)9-11)18(2)15(19)13-7-4-8-14(13)17/h3,5-6,9-10,13-14H,4,7-8,17H2,1-2H3. The fourth-order valence-electron chi connectivity index (χ4n) is 2.74. The van der Waals surface area contributed by atoms with Crippen LogP contribution in [-0.4, -0.2) is 23.9 Å². The van der Waals surface area contributed by atoms with Crippen molar-refractivity contribution < 1.29 is 4.79 Å². The highest BCUT2D eigenvalue weighted by molar-refractivity contribution is 6.30. The molecule has 1 aromatic carbocycles. The minimum Gasteiger partial charge on any atom is -0.339 e. The number of hydrogen-bond donors (Lipinski definition) is 1.